The number of ether oxygens (including phenoxy) is 1. The van der Waals surface area contributed by atoms with Crippen LogP contribution in [0.1, 0.15) is 0 Å². The maximum atomic E-state index is 11.2. The number of fused-ring (bicyclic) bond motifs is 3. The van der Waals surface area contributed by atoms with Gasteiger partial charge in [0.15, 0.2) is 6.61 Å². The van der Waals surface area contributed by atoms with Crippen molar-refractivity contribution in [2.45, 2.75) is 0 Å². The Morgan fingerprint density at radius 3 is 2.64 bits per heavy atom. The van der Waals surface area contributed by atoms with E-state index in [1.165, 1.54) is 10.8 Å². The number of rotatable bonds is 4. The van der Waals surface area contributed by atoms with E-state index in [0.29, 0.717) is 5.88 Å². The second kappa shape index (κ2) is 6.28. The van der Waals surface area contributed by atoms with Gasteiger partial charge in [0.05, 0.1) is 0 Å². The summed E-state index contributed by atoms with van der Waals surface area (Å²) in [5.74, 6) is 0.245. The molecule has 2 aromatic heterocycles. The van der Waals surface area contributed by atoms with Crippen LogP contribution in [0.4, 0.5) is 0 Å². The molecule has 2 heterocycles. The topological polar surface area (TPSA) is 67.0 Å². The van der Waals surface area contributed by atoms with Crippen molar-refractivity contribution in [1.82, 2.24) is 15.3 Å². The molecule has 0 aliphatic heterocycles. The van der Waals surface area contributed by atoms with Crippen LogP contribution in [0.2, 0.25) is 0 Å². The quantitative estimate of drug-likeness (QED) is 0.601. The molecule has 5 heteroatoms. The Morgan fingerprint density at radius 1 is 1.04 bits per heavy atom. The fraction of sp³-hybridized carbons (Fsp3) is 0.100. The first-order chi connectivity index (χ1) is 12.2. The van der Waals surface area contributed by atoms with E-state index in [-0.39, 0.29) is 12.5 Å². The van der Waals surface area contributed by atoms with Gasteiger partial charge in [-0.15, -0.1) is 0 Å². The van der Waals surface area contributed by atoms with Crippen LogP contribution in [0.25, 0.3) is 32.9 Å². The first kappa shape index (κ1) is 15.2. The van der Waals surface area contributed by atoms with Crippen LogP contribution in [0, 0.1) is 0 Å². The Hall–Kier alpha value is -3.34. The normalized spacial score (nSPS) is 10.9. The van der Waals surface area contributed by atoms with Crippen LogP contribution >= 0.6 is 0 Å². The van der Waals surface area contributed by atoms with Crippen LogP contribution < -0.4 is 10.1 Å². The summed E-state index contributed by atoms with van der Waals surface area (Å²) in [5.41, 5.74) is 4.29. The van der Waals surface area contributed by atoms with Crippen molar-refractivity contribution in [2.75, 3.05) is 13.7 Å². The predicted molar refractivity (Wildman–Crippen MR) is 98.6 cm³/mol. The van der Waals surface area contributed by atoms with Crippen molar-refractivity contribution in [3.05, 3.63) is 60.8 Å². The van der Waals surface area contributed by atoms with E-state index in [9.17, 15) is 4.79 Å². The molecule has 5 nitrogen and oxygen atoms in total. The van der Waals surface area contributed by atoms with Gasteiger partial charge >= 0.3 is 0 Å². The fourth-order valence-electron chi connectivity index (χ4n) is 2.88. The molecule has 0 bridgehead atoms. The number of nitrogens with one attached hydrogen (secondary N) is 2. The zero-order chi connectivity index (χ0) is 17.2. The molecule has 0 unspecified atom stereocenters. The van der Waals surface area contributed by atoms with Gasteiger partial charge in [-0.05, 0) is 23.8 Å². The Kier molecular flexibility index (Phi) is 3.82. The van der Waals surface area contributed by atoms with E-state index in [1.54, 1.807) is 19.3 Å². The van der Waals surface area contributed by atoms with Gasteiger partial charge in [-0.25, -0.2) is 4.98 Å². The van der Waals surface area contributed by atoms with E-state index in [0.717, 1.165) is 22.2 Å². The molecule has 0 radical (unpaired) electrons. The van der Waals surface area contributed by atoms with Gasteiger partial charge in [0.2, 0.25) is 5.88 Å². The first-order valence-corrected chi connectivity index (χ1v) is 8.05. The Bertz CT molecular complexity index is 1050. The molecule has 0 fully saturated rings. The first-order valence-electron chi connectivity index (χ1n) is 8.05. The number of aromatic amines is 1. The van der Waals surface area contributed by atoms with Gasteiger partial charge in [-0.2, -0.15) is 0 Å². The summed E-state index contributed by atoms with van der Waals surface area (Å²) in [4.78, 5) is 18.9. The maximum absolute atomic E-state index is 11.2. The number of hydrogen-bond acceptors (Lipinski definition) is 3. The minimum atomic E-state index is -0.185. The minimum absolute atomic E-state index is 0.0378. The molecule has 0 spiro atoms. The number of aromatic nitrogens is 2. The number of carbonyl (C=O) groups excluding carboxylic acids is 1. The van der Waals surface area contributed by atoms with Gasteiger partial charge in [-0.3, -0.25) is 4.79 Å². The molecule has 0 aliphatic rings. The molecule has 0 saturated heterocycles. The van der Waals surface area contributed by atoms with Gasteiger partial charge in [0.1, 0.15) is 0 Å². The fourth-order valence-corrected chi connectivity index (χ4v) is 2.88. The molecule has 4 aromatic rings. The number of benzene rings is 2. The maximum Gasteiger partial charge on any atom is 0.257 e. The number of nitrogens with zero attached hydrogens (tertiary/aromatic N) is 1. The molecule has 4 rings (SSSR count). The predicted octanol–water partition coefficient (Wildman–Crippen LogP) is 3.51. The van der Waals surface area contributed by atoms with Crippen molar-refractivity contribution < 1.29 is 9.53 Å². The third kappa shape index (κ3) is 2.92. The molecule has 0 saturated carbocycles. The van der Waals surface area contributed by atoms with Crippen molar-refractivity contribution >= 4 is 27.7 Å². The largest absolute Gasteiger partial charge is 0.468 e. The number of carbonyl (C=O) groups is 1. The second-order valence-electron chi connectivity index (χ2n) is 5.78. The molecule has 1 amide bonds. The van der Waals surface area contributed by atoms with Crippen LogP contribution in [-0.4, -0.2) is 29.5 Å². The lowest BCUT2D eigenvalue weighted by Crippen LogP contribution is -2.25. The Labute approximate surface area is 144 Å². The van der Waals surface area contributed by atoms with Crippen molar-refractivity contribution in [2.24, 2.45) is 0 Å². The molecule has 2 N–H and O–H groups in total. The standard InChI is InChI=1S/C20H17N3O2/c1-21-19(24)12-25-20-9-7-14(11-22-20)13-6-8-16-15-4-2-3-5-17(15)23-18(16)10-13/h2-11,23H,12H2,1H3,(H,21,24). The van der Waals surface area contributed by atoms with E-state index < -0.39 is 0 Å². The van der Waals surface area contributed by atoms with Crippen molar-refractivity contribution in [3.63, 3.8) is 0 Å². The monoisotopic (exact) mass is 331 g/mol. The molecule has 0 aliphatic carbocycles. The third-order valence-electron chi connectivity index (χ3n) is 4.21. The van der Waals surface area contributed by atoms with Gasteiger partial charge in [0, 0.05) is 46.7 Å². The van der Waals surface area contributed by atoms with Gasteiger partial charge in [-0.1, -0.05) is 30.3 Å². The lowest BCUT2D eigenvalue weighted by Gasteiger charge is -2.06. The summed E-state index contributed by atoms with van der Waals surface area (Å²) in [6.45, 7) is -0.0378. The Balaban J connectivity index is 1.62. The van der Waals surface area contributed by atoms with Crippen LogP contribution in [-0.2, 0) is 4.79 Å². The summed E-state index contributed by atoms with van der Waals surface area (Å²) in [6, 6.07) is 18.3. The number of para-hydroxylation sites is 1. The average Bonchev–Trinajstić information content (AvgIpc) is 3.04. The van der Waals surface area contributed by atoms with Crippen LogP contribution in [0.15, 0.2) is 60.8 Å². The molecule has 2 aromatic carbocycles. The minimum Gasteiger partial charge on any atom is -0.468 e. The number of amides is 1. The van der Waals surface area contributed by atoms with Crippen molar-refractivity contribution in [3.8, 4) is 17.0 Å². The zero-order valence-electron chi connectivity index (χ0n) is 13.7. The van der Waals surface area contributed by atoms with E-state index >= 15 is 0 Å². The number of H-pyrrole nitrogens is 1. The second-order valence-corrected chi connectivity index (χ2v) is 5.78. The van der Waals surface area contributed by atoms with Crippen molar-refractivity contribution in [1.29, 1.82) is 0 Å². The number of pyridine rings is 1. The van der Waals surface area contributed by atoms with Gasteiger partial charge in [0.25, 0.3) is 5.91 Å². The summed E-state index contributed by atoms with van der Waals surface area (Å²) >= 11 is 0. The lowest BCUT2D eigenvalue weighted by atomic mass is 10.1. The summed E-state index contributed by atoms with van der Waals surface area (Å²) in [6.07, 6.45) is 1.75. The summed E-state index contributed by atoms with van der Waals surface area (Å²) in [5, 5.41) is 4.93. The van der Waals surface area contributed by atoms with Gasteiger partial charge < -0.3 is 15.0 Å². The highest BCUT2D eigenvalue weighted by Gasteiger charge is 2.07. The molecular formula is C20H17N3O2. The van der Waals surface area contributed by atoms with Crippen LogP contribution in [0.3, 0.4) is 0 Å². The summed E-state index contributed by atoms with van der Waals surface area (Å²) < 4.78 is 5.33. The SMILES string of the molecule is CNC(=O)COc1ccc(-c2ccc3c(c2)[nH]c2ccccc23)cn1. The molecular weight excluding hydrogens is 314 g/mol. The molecule has 25 heavy (non-hydrogen) atoms. The highest BCUT2D eigenvalue weighted by Crippen LogP contribution is 2.29. The van der Waals surface area contributed by atoms with Crippen LogP contribution in [0.5, 0.6) is 5.88 Å². The van der Waals surface area contributed by atoms with E-state index in [4.69, 9.17) is 4.74 Å². The third-order valence-corrected chi connectivity index (χ3v) is 4.21. The molecule has 0 atom stereocenters. The summed E-state index contributed by atoms with van der Waals surface area (Å²) in [7, 11) is 1.57. The smallest absolute Gasteiger partial charge is 0.257 e. The zero-order valence-corrected chi connectivity index (χ0v) is 13.7. The molecule has 124 valence electrons. The lowest BCUT2D eigenvalue weighted by molar-refractivity contribution is -0.122. The Morgan fingerprint density at radius 2 is 1.84 bits per heavy atom. The van der Waals surface area contributed by atoms with E-state index in [2.05, 4.69) is 45.6 Å². The number of hydrogen-bond donors (Lipinski definition) is 2. The highest BCUT2D eigenvalue weighted by atomic mass is 16.5. The highest BCUT2D eigenvalue weighted by molar-refractivity contribution is 6.08. The average molecular weight is 331 g/mol. The number of likely N-dealkylation sites (N-methyl/N-ethyl adjacent to an activating group) is 1. The van der Waals surface area contributed by atoms with E-state index in [1.807, 2.05) is 18.2 Å².